The fraction of sp³-hybridized carbons (Fsp3) is 0.214. The topological polar surface area (TPSA) is 98.6 Å². The quantitative estimate of drug-likeness (QED) is 0.229. The summed E-state index contributed by atoms with van der Waals surface area (Å²) in [5.74, 6) is -0.201. The first-order valence-corrected chi connectivity index (χ1v) is 12.1. The van der Waals surface area contributed by atoms with E-state index < -0.39 is 5.97 Å². The van der Waals surface area contributed by atoms with Crippen LogP contribution in [0, 0.1) is 6.92 Å². The number of benzene rings is 3. The molecule has 1 heterocycles. The van der Waals surface area contributed by atoms with E-state index in [4.69, 9.17) is 9.47 Å². The average Bonchev–Trinajstić information content (AvgIpc) is 3.31. The molecular formula is C28H26N2O5S. The minimum Gasteiger partial charge on any atom is -0.496 e. The van der Waals surface area contributed by atoms with Crippen molar-refractivity contribution in [1.82, 2.24) is 8.75 Å². The van der Waals surface area contributed by atoms with Gasteiger partial charge >= 0.3 is 5.97 Å². The Balaban J connectivity index is 1.85. The third kappa shape index (κ3) is 5.44. The Morgan fingerprint density at radius 3 is 2.28 bits per heavy atom. The predicted molar refractivity (Wildman–Crippen MR) is 140 cm³/mol. The number of aliphatic carboxylic acids is 1. The highest BCUT2D eigenvalue weighted by Gasteiger charge is 2.24. The summed E-state index contributed by atoms with van der Waals surface area (Å²) in [6.07, 6.45) is 0.122. The minimum absolute atomic E-state index is 0.00551. The molecule has 0 fully saturated rings. The number of carbonyl (C=O) groups excluding carboxylic acids is 1. The number of methoxy groups -OCH3 is 1. The Morgan fingerprint density at radius 2 is 1.64 bits per heavy atom. The zero-order valence-electron chi connectivity index (χ0n) is 20.4. The van der Waals surface area contributed by atoms with E-state index in [0.29, 0.717) is 27.9 Å². The van der Waals surface area contributed by atoms with Crippen LogP contribution in [0.4, 0.5) is 0 Å². The van der Waals surface area contributed by atoms with Crippen LogP contribution in [0.1, 0.15) is 40.9 Å². The van der Waals surface area contributed by atoms with E-state index in [1.54, 1.807) is 49.6 Å². The van der Waals surface area contributed by atoms with E-state index in [2.05, 4.69) is 8.75 Å². The normalized spacial score (nSPS) is 11.9. The molecule has 1 aromatic heterocycles. The number of Topliss-reactive ketones (excluding diaryl/α,β-unsaturated/α-hetero) is 1. The van der Waals surface area contributed by atoms with Crippen molar-refractivity contribution in [2.24, 2.45) is 0 Å². The van der Waals surface area contributed by atoms with Crippen molar-refractivity contribution in [2.75, 3.05) is 7.11 Å². The van der Waals surface area contributed by atoms with Crippen LogP contribution in [0.5, 0.6) is 11.5 Å². The number of carboxylic acids is 1. The largest absolute Gasteiger partial charge is 0.496 e. The molecule has 184 valence electrons. The lowest BCUT2D eigenvalue weighted by atomic mass is 9.89. The monoisotopic (exact) mass is 502 g/mol. The predicted octanol–water partition coefficient (Wildman–Crippen LogP) is 5.76. The summed E-state index contributed by atoms with van der Waals surface area (Å²) in [6, 6.07) is 17.4. The minimum atomic E-state index is -1.19. The van der Waals surface area contributed by atoms with Gasteiger partial charge in [0.2, 0.25) is 0 Å². The third-order valence-electron chi connectivity index (χ3n) is 5.66. The molecule has 3 aromatic carbocycles. The molecule has 0 atom stereocenters. The van der Waals surface area contributed by atoms with Crippen molar-refractivity contribution in [1.29, 1.82) is 0 Å². The van der Waals surface area contributed by atoms with Crippen LogP contribution in [0.15, 0.2) is 66.2 Å². The molecule has 0 aliphatic rings. The molecule has 36 heavy (non-hydrogen) atoms. The van der Waals surface area contributed by atoms with E-state index in [1.165, 1.54) is 0 Å². The number of hydrogen-bond acceptors (Lipinski definition) is 7. The van der Waals surface area contributed by atoms with Gasteiger partial charge in [0, 0.05) is 17.6 Å². The van der Waals surface area contributed by atoms with Crippen LogP contribution < -0.4 is 9.47 Å². The molecule has 0 spiro atoms. The zero-order valence-corrected chi connectivity index (χ0v) is 21.3. The highest BCUT2D eigenvalue weighted by molar-refractivity contribution is 7.00. The smallest absolute Gasteiger partial charge is 0.336 e. The first-order valence-electron chi connectivity index (χ1n) is 11.4. The molecule has 8 heteroatoms. The molecule has 4 rings (SSSR count). The molecule has 7 nitrogen and oxygen atoms in total. The molecule has 0 radical (unpaired) electrons. The van der Waals surface area contributed by atoms with E-state index in [9.17, 15) is 14.7 Å². The van der Waals surface area contributed by atoms with Crippen molar-refractivity contribution in [3.05, 3.63) is 88.5 Å². The Labute approximate surface area is 213 Å². The van der Waals surface area contributed by atoms with Crippen LogP contribution in [0.2, 0.25) is 0 Å². The van der Waals surface area contributed by atoms with Crippen LogP contribution >= 0.6 is 11.7 Å². The Kier molecular flexibility index (Phi) is 7.45. The Hall–Kier alpha value is -4.04. The van der Waals surface area contributed by atoms with Gasteiger partial charge in [0.05, 0.1) is 30.5 Å². The van der Waals surface area contributed by atoms with Gasteiger partial charge < -0.3 is 14.6 Å². The number of rotatable bonds is 9. The van der Waals surface area contributed by atoms with Gasteiger partial charge in [0.1, 0.15) is 22.5 Å². The van der Waals surface area contributed by atoms with E-state index in [-0.39, 0.29) is 29.5 Å². The maximum absolute atomic E-state index is 13.8. The van der Waals surface area contributed by atoms with Crippen molar-refractivity contribution >= 4 is 40.1 Å². The first kappa shape index (κ1) is 25.1. The molecular weight excluding hydrogens is 476 g/mol. The first-order chi connectivity index (χ1) is 17.3. The molecule has 0 saturated carbocycles. The van der Waals surface area contributed by atoms with Gasteiger partial charge in [0.15, 0.2) is 5.78 Å². The molecule has 4 aromatic rings. The van der Waals surface area contributed by atoms with Crippen LogP contribution in [0.25, 0.3) is 16.6 Å². The van der Waals surface area contributed by atoms with Gasteiger partial charge in [-0.15, -0.1) is 0 Å². The fourth-order valence-corrected chi connectivity index (χ4v) is 4.55. The number of ether oxygens (including phenoxy) is 2. The van der Waals surface area contributed by atoms with Crippen molar-refractivity contribution in [3.8, 4) is 11.5 Å². The van der Waals surface area contributed by atoms with E-state index in [1.807, 2.05) is 39.0 Å². The Morgan fingerprint density at radius 1 is 0.944 bits per heavy atom. The number of hydrogen-bond donors (Lipinski definition) is 1. The number of aromatic nitrogens is 2. The van der Waals surface area contributed by atoms with E-state index in [0.717, 1.165) is 28.6 Å². The summed E-state index contributed by atoms with van der Waals surface area (Å²) in [6.45, 7) is 5.75. The van der Waals surface area contributed by atoms with Gasteiger partial charge in [-0.3, -0.25) is 4.79 Å². The molecule has 0 bridgehead atoms. The molecule has 0 amide bonds. The van der Waals surface area contributed by atoms with Crippen LogP contribution in [-0.2, 0) is 11.2 Å². The summed E-state index contributed by atoms with van der Waals surface area (Å²) in [7, 11) is 1.59. The maximum Gasteiger partial charge on any atom is 0.336 e. The van der Waals surface area contributed by atoms with Gasteiger partial charge in [-0.25, -0.2) is 4.79 Å². The van der Waals surface area contributed by atoms with Gasteiger partial charge in [-0.1, -0.05) is 18.2 Å². The molecule has 0 unspecified atom stereocenters. The lowest BCUT2D eigenvalue weighted by molar-refractivity contribution is -0.130. The van der Waals surface area contributed by atoms with E-state index >= 15 is 0 Å². The zero-order chi connectivity index (χ0) is 25.8. The van der Waals surface area contributed by atoms with Crippen molar-refractivity contribution < 1.29 is 24.2 Å². The van der Waals surface area contributed by atoms with Crippen LogP contribution in [0.3, 0.4) is 0 Å². The number of ketones is 1. The molecule has 0 saturated heterocycles. The lowest BCUT2D eigenvalue weighted by Gasteiger charge is -2.15. The summed E-state index contributed by atoms with van der Waals surface area (Å²) >= 11 is 1.05. The SMILES string of the molecule is COc1ccc(C/C(C(=O)c2ccc(OC(C)C)cc2)=C(\C(=O)O)c2ccc3nsnc3c2)cc1C. The second-order valence-corrected chi connectivity index (χ2v) is 9.16. The van der Waals surface area contributed by atoms with Crippen LogP contribution in [-0.4, -0.2) is 38.8 Å². The highest BCUT2D eigenvalue weighted by Crippen LogP contribution is 2.29. The molecule has 0 aliphatic heterocycles. The number of fused-ring (bicyclic) bond motifs is 1. The fourth-order valence-electron chi connectivity index (χ4n) is 4.03. The Bertz CT molecular complexity index is 1450. The lowest BCUT2D eigenvalue weighted by Crippen LogP contribution is -2.14. The number of carboxylic acid groups (broad SMARTS) is 1. The van der Waals surface area contributed by atoms with Crippen molar-refractivity contribution in [2.45, 2.75) is 33.3 Å². The second-order valence-electron chi connectivity index (χ2n) is 8.63. The number of nitrogens with zero attached hydrogens (tertiary/aromatic N) is 2. The molecule has 0 aliphatic carbocycles. The maximum atomic E-state index is 13.8. The van der Waals surface area contributed by atoms with Crippen molar-refractivity contribution in [3.63, 3.8) is 0 Å². The van der Waals surface area contributed by atoms with Gasteiger partial charge in [-0.05, 0) is 79.9 Å². The summed E-state index contributed by atoms with van der Waals surface area (Å²) < 4.78 is 19.5. The summed E-state index contributed by atoms with van der Waals surface area (Å²) in [5, 5.41) is 10.3. The highest BCUT2D eigenvalue weighted by atomic mass is 32.1. The summed E-state index contributed by atoms with van der Waals surface area (Å²) in [4.78, 5) is 26.4. The number of carbonyl (C=O) groups is 2. The molecule has 1 N–H and O–H groups in total. The third-order valence-corrected chi connectivity index (χ3v) is 6.22. The standard InChI is InChI=1S/C28H26N2O5S/c1-16(2)35-21-9-6-19(7-10-21)27(31)22(14-18-5-12-25(34-4)17(3)13-18)26(28(32)33)20-8-11-23-24(15-20)30-36-29-23/h5-13,15-16H,14H2,1-4H3,(H,32,33)/b26-22+. The summed E-state index contributed by atoms with van der Waals surface area (Å²) in [5.41, 5.74) is 3.83. The average molecular weight is 503 g/mol. The van der Waals surface area contributed by atoms with Gasteiger partial charge in [0.25, 0.3) is 0 Å². The second kappa shape index (κ2) is 10.7. The number of allylic oxidation sites excluding steroid dienone is 1. The number of aryl methyl sites for hydroxylation is 1. The van der Waals surface area contributed by atoms with Gasteiger partial charge in [-0.2, -0.15) is 8.75 Å².